The lowest BCUT2D eigenvalue weighted by molar-refractivity contribution is -0.166. The van der Waals surface area contributed by atoms with Gasteiger partial charge in [0.2, 0.25) is 0 Å². The van der Waals surface area contributed by atoms with Crippen LogP contribution >= 0.6 is 0 Å². The predicted octanol–water partition coefficient (Wildman–Crippen LogP) is 7.64. The van der Waals surface area contributed by atoms with Crippen molar-refractivity contribution in [2.45, 2.75) is 170 Å². The fourth-order valence-electron chi connectivity index (χ4n) is 6.35. The van der Waals surface area contributed by atoms with E-state index in [1.807, 2.05) is 12.1 Å². The number of carbonyl (C=O) groups excluding carboxylic acids is 5. The minimum atomic E-state index is -0.866. The average Bonchev–Trinajstić information content (AvgIpc) is 3.12. The first kappa shape index (κ1) is 54.8. The Morgan fingerprint density at radius 3 is 1.42 bits per heavy atom. The van der Waals surface area contributed by atoms with Crippen molar-refractivity contribution in [1.82, 2.24) is 35.1 Å². The van der Waals surface area contributed by atoms with Crippen LogP contribution < -0.4 is 5.32 Å². The van der Waals surface area contributed by atoms with Crippen LogP contribution in [0.2, 0.25) is 0 Å². The maximum absolute atomic E-state index is 13.9. The van der Waals surface area contributed by atoms with Crippen LogP contribution in [-0.4, -0.2) is 120 Å². The summed E-state index contributed by atoms with van der Waals surface area (Å²) in [6, 6.07) is 9.91. The maximum Gasteiger partial charge on any atom is 0.407 e. The van der Waals surface area contributed by atoms with Gasteiger partial charge in [-0.1, -0.05) is 12.1 Å². The molecular formula is C49H73N7O10. The first-order valence-corrected chi connectivity index (χ1v) is 22.4. The second kappa shape index (κ2) is 23.3. The molecule has 3 aromatic heterocycles. The number of alkyl carbamates (subject to hydrolysis) is 1. The molecule has 0 aliphatic heterocycles. The molecule has 0 saturated carbocycles. The summed E-state index contributed by atoms with van der Waals surface area (Å²) in [7, 11) is 0. The lowest BCUT2D eigenvalue weighted by atomic mass is 10.1. The van der Waals surface area contributed by atoms with E-state index in [1.54, 1.807) is 150 Å². The molecule has 0 radical (unpaired) electrons. The van der Waals surface area contributed by atoms with E-state index in [1.165, 1.54) is 0 Å². The first-order valence-electron chi connectivity index (χ1n) is 22.4. The molecule has 1 amide bonds. The van der Waals surface area contributed by atoms with Gasteiger partial charge in [-0.25, -0.2) is 19.7 Å². The average molecular weight is 920 g/mol. The molecule has 66 heavy (non-hydrogen) atoms. The summed E-state index contributed by atoms with van der Waals surface area (Å²) in [6.45, 7) is 26.7. The van der Waals surface area contributed by atoms with Crippen molar-refractivity contribution in [2.75, 3.05) is 26.2 Å². The summed E-state index contributed by atoms with van der Waals surface area (Å²) in [5.74, 6) is -2.01. The number of unbranched alkanes of at least 4 members (excludes halogenated alkanes) is 1. The first-order chi connectivity index (χ1) is 30.3. The highest BCUT2D eigenvalue weighted by atomic mass is 16.6. The Kier molecular flexibility index (Phi) is 19.3. The van der Waals surface area contributed by atoms with Gasteiger partial charge < -0.3 is 29.0 Å². The monoisotopic (exact) mass is 920 g/mol. The Balaban J connectivity index is 1.93. The Morgan fingerprint density at radius 2 is 0.970 bits per heavy atom. The Hall–Kier alpha value is -5.55. The number of hydrogen-bond donors (Lipinski definition) is 1. The quantitative estimate of drug-likeness (QED) is 0.0698. The number of pyridine rings is 2. The number of amides is 1. The highest BCUT2D eigenvalue weighted by molar-refractivity contribution is 5.78. The summed E-state index contributed by atoms with van der Waals surface area (Å²) in [6.07, 6.45) is 3.99. The molecule has 1 N–H and O–H groups in total. The summed E-state index contributed by atoms with van der Waals surface area (Å²) in [5, 5.41) is 2.76. The van der Waals surface area contributed by atoms with Crippen LogP contribution in [0.3, 0.4) is 0 Å². The lowest BCUT2D eigenvalue weighted by Gasteiger charge is -2.32. The smallest absolute Gasteiger partial charge is 0.407 e. The van der Waals surface area contributed by atoms with Crippen molar-refractivity contribution in [3.63, 3.8) is 0 Å². The molecule has 0 spiro atoms. The molecule has 0 fully saturated rings. The zero-order valence-corrected chi connectivity index (χ0v) is 41.8. The van der Waals surface area contributed by atoms with Gasteiger partial charge in [-0.15, -0.1) is 0 Å². The topological polar surface area (TPSA) is 202 Å². The van der Waals surface area contributed by atoms with Gasteiger partial charge in [0, 0.05) is 19.6 Å². The van der Waals surface area contributed by atoms with E-state index < -0.39 is 64.0 Å². The van der Waals surface area contributed by atoms with Gasteiger partial charge in [0.1, 0.15) is 45.4 Å². The van der Waals surface area contributed by atoms with Crippen LogP contribution in [0.25, 0.3) is 22.8 Å². The molecule has 0 aliphatic rings. The van der Waals surface area contributed by atoms with Gasteiger partial charge in [-0.05, 0) is 147 Å². The Morgan fingerprint density at radius 1 is 0.530 bits per heavy atom. The van der Waals surface area contributed by atoms with Crippen LogP contribution in [-0.2, 0) is 56.0 Å². The molecule has 17 heteroatoms. The Labute approximate surface area is 391 Å². The molecule has 0 unspecified atom stereocenters. The number of esters is 4. The zero-order valence-electron chi connectivity index (χ0n) is 41.8. The van der Waals surface area contributed by atoms with E-state index in [0.717, 1.165) is 0 Å². The van der Waals surface area contributed by atoms with Crippen molar-refractivity contribution in [3.05, 3.63) is 60.2 Å². The van der Waals surface area contributed by atoms with Gasteiger partial charge in [0.25, 0.3) is 0 Å². The number of nitrogens with zero attached hydrogens (tertiary/aromatic N) is 6. The fourth-order valence-corrected chi connectivity index (χ4v) is 6.35. The number of ether oxygens (including phenoxy) is 5. The minimum absolute atomic E-state index is 0.0764. The zero-order chi connectivity index (χ0) is 49.7. The van der Waals surface area contributed by atoms with Crippen molar-refractivity contribution in [1.29, 1.82) is 0 Å². The molecule has 0 aromatic carbocycles. The molecule has 1 atom stereocenters. The molecule has 17 nitrogen and oxygen atoms in total. The van der Waals surface area contributed by atoms with E-state index in [2.05, 4.69) is 10.3 Å². The third kappa shape index (κ3) is 22.1. The maximum atomic E-state index is 13.9. The lowest BCUT2D eigenvalue weighted by Crippen LogP contribution is -2.47. The molecule has 3 aromatic rings. The highest BCUT2D eigenvalue weighted by Gasteiger charge is 2.33. The molecule has 0 saturated heterocycles. The summed E-state index contributed by atoms with van der Waals surface area (Å²) < 4.78 is 28.0. The van der Waals surface area contributed by atoms with E-state index in [9.17, 15) is 24.0 Å². The van der Waals surface area contributed by atoms with Gasteiger partial charge >= 0.3 is 30.0 Å². The molecule has 0 aliphatic carbocycles. The fraction of sp³-hybridized carbons (Fsp3) is 0.612. The SMILES string of the molecule is CC(C)(C)OC(=O)CN(CC(=O)OC(C)(C)C)Cc1cccc(-c2cncc(-c3cccc(CN(CC(=O)OC(C)(C)C)[C@@H](CCCCNC(=O)OC(C)(C)C)C(=O)OC(C)(C)C)n3)n2)n1. The summed E-state index contributed by atoms with van der Waals surface area (Å²) in [5.41, 5.74) is -0.656. The van der Waals surface area contributed by atoms with E-state index in [-0.39, 0.29) is 32.7 Å². The largest absolute Gasteiger partial charge is 0.459 e. The van der Waals surface area contributed by atoms with Crippen LogP contribution in [0.1, 0.15) is 135 Å². The number of rotatable bonds is 19. The van der Waals surface area contributed by atoms with Gasteiger partial charge in [-0.3, -0.25) is 34.0 Å². The van der Waals surface area contributed by atoms with E-state index >= 15 is 0 Å². The van der Waals surface area contributed by atoms with Gasteiger partial charge in [0.15, 0.2) is 0 Å². The van der Waals surface area contributed by atoms with Crippen LogP contribution in [0, 0.1) is 0 Å². The molecule has 3 rings (SSSR count). The molecule has 3 heterocycles. The third-order valence-corrected chi connectivity index (χ3v) is 8.51. The molecule has 364 valence electrons. The van der Waals surface area contributed by atoms with E-state index in [4.69, 9.17) is 38.6 Å². The minimum Gasteiger partial charge on any atom is -0.459 e. The number of carbonyl (C=O) groups is 5. The molecular weight excluding hydrogens is 847 g/mol. The molecule has 0 bridgehead atoms. The van der Waals surface area contributed by atoms with Crippen LogP contribution in [0.4, 0.5) is 4.79 Å². The summed E-state index contributed by atoms with van der Waals surface area (Å²) in [4.78, 5) is 87.7. The van der Waals surface area contributed by atoms with Gasteiger partial charge in [-0.2, -0.15) is 0 Å². The predicted molar refractivity (Wildman–Crippen MR) is 249 cm³/mol. The second-order valence-electron chi connectivity index (χ2n) is 21.1. The summed E-state index contributed by atoms with van der Waals surface area (Å²) >= 11 is 0. The van der Waals surface area contributed by atoms with Gasteiger partial charge in [0.05, 0.1) is 54.8 Å². The third-order valence-electron chi connectivity index (χ3n) is 8.51. The van der Waals surface area contributed by atoms with Crippen molar-refractivity contribution < 1.29 is 47.7 Å². The standard InChI is InChI=1S/C49H73N7O10/c1-45(2,3)62-40(57)30-55(31-41(58)63-46(4,5)6)28-33-20-18-22-35(52-33)37-26-50-27-38(54-37)36-23-19-21-34(53-36)29-56(32-42(59)64-47(7,8)9)39(43(60)65-48(10,11)12)24-16-17-25-51-44(61)66-49(13,14)15/h18-23,26-27,39H,16-17,24-25,28-32H2,1-15H3,(H,51,61)/t39-/m0/s1. The number of nitrogens with one attached hydrogen (secondary N) is 1. The number of aromatic nitrogens is 4. The Bertz CT molecular complexity index is 2080. The van der Waals surface area contributed by atoms with Crippen LogP contribution in [0.15, 0.2) is 48.8 Å². The second-order valence-corrected chi connectivity index (χ2v) is 21.1. The van der Waals surface area contributed by atoms with Crippen molar-refractivity contribution >= 4 is 30.0 Å². The normalized spacial score (nSPS) is 12.9. The highest BCUT2D eigenvalue weighted by Crippen LogP contribution is 2.23. The van der Waals surface area contributed by atoms with Crippen molar-refractivity contribution in [3.8, 4) is 22.8 Å². The van der Waals surface area contributed by atoms with Crippen molar-refractivity contribution in [2.24, 2.45) is 0 Å². The van der Waals surface area contributed by atoms with E-state index in [0.29, 0.717) is 60.0 Å². The van der Waals surface area contributed by atoms with Crippen LogP contribution in [0.5, 0.6) is 0 Å². The number of hydrogen-bond acceptors (Lipinski definition) is 16.